The quantitative estimate of drug-likeness (QED) is 0.414. The van der Waals surface area contributed by atoms with Gasteiger partial charge in [0.15, 0.2) is 12.4 Å². The largest absolute Gasteiger partial charge is 0.470 e. The summed E-state index contributed by atoms with van der Waals surface area (Å²) in [6.07, 6.45) is 3.13. The Kier molecular flexibility index (Phi) is 6.41. The summed E-state index contributed by atoms with van der Waals surface area (Å²) >= 11 is 18.1. The number of halogens is 3. The maximum Gasteiger partial charge on any atom is 0.278 e. The first-order valence-electron chi connectivity index (χ1n) is 9.03. The van der Waals surface area contributed by atoms with Crippen molar-refractivity contribution in [1.29, 1.82) is 0 Å². The zero-order chi connectivity index (χ0) is 21.8. The molecule has 11 heteroatoms. The average molecular weight is 478 g/mol. The molecule has 2 heterocycles. The Morgan fingerprint density at radius 3 is 2.65 bits per heavy atom. The Morgan fingerprint density at radius 2 is 1.84 bits per heavy atom. The van der Waals surface area contributed by atoms with Crippen LogP contribution in [-0.4, -0.2) is 30.5 Å². The minimum atomic E-state index is -0.446. The molecular weight excluding hydrogens is 463 g/mol. The zero-order valence-corrected chi connectivity index (χ0v) is 18.1. The molecule has 0 spiro atoms. The van der Waals surface area contributed by atoms with E-state index in [1.807, 2.05) is 18.2 Å². The Hall–Kier alpha value is -3.07. The second-order valence-electron chi connectivity index (χ2n) is 6.40. The summed E-state index contributed by atoms with van der Waals surface area (Å²) in [5.74, 6) is 0.176. The first kappa shape index (κ1) is 21.2. The number of benzene rings is 2. The molecule has 0 atom stereocenters. The van der Waals surface area contributed by atoms with Gasteiger partial charge in [-0.25, -0.2) is 14.3 Å². The molecule has 1 N–H and O–H groups in total. The summed E-state index contributed by atoms with van der Waals surface area (Å²) < 4.78 is 8.64. The number of carbonyl (C=O) groups is 1. The van der Waals surface area contributed by atoms with E-state index < -0.39 is 5.91 Å². The molecule has 2 aromatic heterocycles. The van der Waals surface area contributed by atoms with E-state index in [9.17, 15) is 4.79 Å². The maximum absolute atomic E-state index is 12.4. The number of nitrogens with zero attached hydrogens (tertiary/aromatic N) is 5. The normalized spacial score (nSPS) is 10.8. The Balaban J connectivity index is 1.35. The first-order chi connectivity index (χ1) is 15.0. The van der Waals surface area contributed by atoms with Crippen LogP contribution in [0.2, 0.25) is 15.1 Å². The third-order valence-corrected chi connectivity index (χ3v) is 5.07. The van der Waals surface area contributed by atoms with E-state index in [0.717, 1.165) is 5.56 Å². The first-order valence-corrected chi connectivity index (χ1v) is 10.2. The minimum absolute atomic E-state index is 0.0688. The van der Waals surface area contributed by atoms with Gasteiger partial charge < -0.3 is 4.74 Å². The summed E-state index contributed by atoms with van der Waals surface area (Å²) in [5, 5.41) is 12.6. The third-order valence-electron chi connectivity index (χ3n) is 4.17. The number of amides is 1. The number of hydrogen-bond donors (Lipinski definition) is 1. The molecule has 31 heavy (non-hydrogen) atoms. The van der Waals surface area contributed by atoms with Gasteiger partial charge in [-0.15, -0.1) is 5.10 Å². The Bertz CT molecular complexity index is 1220. The van der Waals surface area contributed by atoms with Crippen LogP contribution in [-0.2, 0) is 13.3 Å². The highest BCUT2D eigenvalue weighted by Crippen LogP contribution is 2.27. The molecule has 0 aliphatic rings. The molecule has 0 fully saturated rings. The summed E-state index contributed by atoms with van der Waals surface area (Å²) in [4.78, 5) is 16.5. The van der Waals surface area contributed by atoms with E-state index in [2.05, 4.69) is 20.5 Å². The van der Waals surface area contributed by atoms with Crippen LogP contribution in [0.15, 0.2) is 61.1 Å². The lowest BCUT2D eigenvalue weighted by molar-refractivity contribution is 0.101. The smallest absolute Gasteiger partial charge is 0.278 e. The van der Waals surface area contributed by atoms with Crippen molar-refractivity contribution in [3.05, 3.63) is 87.4 Å². The highest BCUT2D eigenvalue weighted by molar-refractivity contribution is 6.35. The van der Waals surface area contributed by atoms with Crippen molar-refractivity contribution in [3.8, 4) is 5.75 Å². The molecule has 0 saturated carbocycles. The molecule has 0 unspecified atom stereocenters. The van der Waals surface area contributed by atoms with Crippen LogP contribution in [0.25, 0.3) is 0 Å². The Morgan fingerprint density at radius 1 is 1.00 bits per heavy atom. The molecule has 1 amide bonds. The highest BCUT2D eigenvalue weighted by Gasteiger charge is 2.13. The monoisotopic (exact) mass is 476 g/mol. The number of carbonyl (C=O) groups excluding carboxylic acids is 1. The van der Waals surface area contributed by atoms with Crippen LogP contribution in [0.3, 0.4) is 0 Å². The van der Waals surface area contributed by atoms with Gasteiger partial charge >= 0.3 is 0 Å². The molecule has 0 aliphatic heterocycles. The maximum atomic E-state index is 12.4. The molecule has 2 aromatic carbocycles. The van der Waals surface area contributed by atoms with Crippen molar-refractivity contribution in [3.63, 3.8) is 0 Å². The van der Waals surface area contributed by atoms with E-state index in [-0.39, 0.29) is 18.4 Å². The van der Waals surface area contributed by atoms with Crippen LogP contribution in [0.4, 0.5) is 5.95 Å². The van der Waals surface area contributed by atoms with Gasteiger partial charge in [-0.05, 0) is 35.9 Å². The molecule has 4 aromatic rings. The third kappa shape index (κ3) is 5.35. The van der Waals surface area contributed by atoms with Crippen LogP contribution in [0.5, 0.6) is 5.75 Å². The van der Waals surface area contributed by atoms with Crippen LogP contribution < -0.4 is 10.1 Å². The molecule has 4 rings (SSSR count). The second kappa shape index (κ2) is 9.38. The standard InChI is InChI=1S/C20H15Cl3N6O2/c21-14-5-6-18(16(23)9-14)31-12-28-8-7-17(26-28)19(30)25-20-24-11-29(27-20)10-13-3-1-2-4-15(13)22/h1-9,11H,10,12H2,(H,25,27,30). The fourth-order valence-corrected chi connectivity index (χ4v) is 3.34. The lowest BCUT2D eigenvalue weighted by Crippen LogP contribution is -2.15. The zero-order valence-electron chi connectivity index (χ0n) is 15.9. The fourth-order valence-electron chi connectivity index (χ4n) is 2.68. The molecule has 158 valence electrons. The van der Waals surface area contributed by atoms with Gasteiger partial charge in [0.05, 0.1) is 11.6 Å². The van der Waals surface area contributed by atoms with Gasteiger partial charge in [0.2, 0.25) is 5.95 Å². The van der Waals surface area contributed by atoms with E-state index in [1.165, 1.54) is 11.0 Å². The SMILES string of the molecule is O=C(Nc1ncn(Cc2ccccc2Cl)n1)c1ccn(COc2ccc(Cl)cc2Cl)n1. The predicted molar refractivity (Wildman–Crippen MR) is 118 cm³/mol. The van der Waals surface area contributed by atoms with Gasteiger partial charge in [0.25, 0.3) is 5.91 Å². The average Bonchev–Trinajstić information content (AvgIpc) is 3.39. The molecule has 8 nitrogen and oxygen atoms in total. The summed E-state index contributed by atoms with van der Waals surface area (Å²) in [6, 6.07) is 13.9. The van der Waals surface area contributed by atoms with E-state index in [0.29, 0.717) is 27.4 Å². The number of aromatic nitrogens is 5. The number of nitrogens with one attached hydrogen (secondary N) is 1. The minimum Gasteiger partial charge on any atom is -0.470 e. The van der Waals surface area contributed by atoms with Gasteiger partial charge in [0, 0.05) is 16.2 Å². The lowest BCUT2D eigenvalue weighted by atomic mass is 10.2. The van der Waals surface area contributed by atoms with Crippen LogP contribution in [0.1, 0.15) is 16.1 Å². The topological polar surface area (TPSA) is 86.9 Å². The number of anilines is 1. The number of rotatable bonds is 7. The fraction of sp³-hybridized carbons (Fsp3) is 0.100. The van der Waals surface area contributed by atoms with Gasteiger partial charge in [-0.3, -0.25) is 10.1 Å². The van der Waals surface area contributed by atoms with Gasteiger partial charge in [-0.2, -0.15) is 5.10 Å². The van der Waals surface area contributed by atoms with Crippen LogP contribution >= 0.6 is 34.8 Å². The van der Waals surface area contributed by atoms with Crippen molar-refractivity contribution in [2.24, 2.45) is 0 Å². The molecule has 0 radical (unpaired) electrons. The number of ether oxygens (including phenoxy) is 1. The molecule has 0 saturated heterocycles. The lowest BCUT2D eigenvalue weighted by Gasteiger charge is -2.08. The molecule has 0 bridgehead atoms. The van der Waals surface area contributed by atoms with Crippen molar-refractivity contribution < 1.29 is 9.53 Å². The van der Waals surface area contributed by atoms with Gasteiger partial charge in [0.1, 0.15) is 12.1 Å². The van der Waals surface area contributed by atoms with Crippen LogP contribution in [0, 0.1) is 0 Å². The molecular formula is C20H15Cl3N6O2. The van der Waals surface area contributed by atoms with E-state index >= 15 is 0 Å². The van der Waals surface area contributed by atoms with Gasteiger partial charge in [-0.1, -0.05) is 53.0 Å². The predicted octanol–water partition coefficient (Wildman–Crippen LogP) is 4.77. The summed E-state index contributed by atoms with van der Waals surface area (Å²) in [5.41, 5.74) is 1.08. The van der Waals surface area contributed by atoms with Crippen molar-refractivity contribution in [2.75, 3.05) is 5.32 Å². The van der Waals surface area contributed by atoms with Crippen molar-refractivity contribution in [2.45, 2.75) is 13.3 Å². The highest BCUT2D eigenvalue weighted by atomic mass is 35.5. The second-order valence-corrected chi connectivity index (χ2v) is 7.65. The van der Waals surface area contributed by atoms with Crippen molar-refractivity contribution >= 4 is 46.7 Å². The Labute approximate surface area is 192 Å². The van der Waals surface area contributed by atoms with Crippen molar-refractivity contribution in [1.82, 2.24) is 24.5 Å². The van der Waals surface area contributed by atoms with E-state index in [4.69, 9.17) is 39.5 Å². The summed E-state index contributed by atoms with van der Waals surface area (Å²) in [6.45, 7) is 0.501. The van der Waals surface area contributed by atoms with E-state index in [1.54, 1.807) is 41.2 Å². The number of hydrogen-bond acceptors (Lipinski definition) is 5. The summed E-state index contributed by atoms with van der Waals surface area (Å²) in [7, 11) is 0. The molecule has 0 aliphatic carbocycles.